The highest BCUT2D eigenvalue weighted by molar-refractivity contribution is 7.17. The summed E-state index contributed by atoms with van der Waals surface area (Å²) >= 11 is 1.84. The fraction of sp³-hybridized carbons (Fsp3) is 0.356. The van der Waals surface area contributed by atoms with E-state index in [9.17, 15) is 0 Å². The summed E-state index contributed by atoms with van der Waals surface area (Å²) in [6, 6.07) is 38.2. The summed E-state index contributed by atoms with van der Waals surface area (Å²) < 4.78 is 8.78. The summed E-state index contributed by atoms with van der Waals surface area (Å²) in [7, 11) is 0. The molecule has 2 unspecified atom stereocenters. The summed E-state index contributed by atoms with van der Waals surface area (Å²) in [6.45, 7) is 35.0. The van der Waals surface area contributed by atoms with Gasteiger partial charge in [0.2, 0.25) is 6.71 Å². The molecule has 0 fully saturated rings. The molecule has 0 saturated heterocycles. The van der Waals surface area contributed by atoms with Crippen LogP contribution in [0.1, 0.15) is 138 Å². The topological polar surface area (TPSA) is 15.7 Å². The van der Waals surface area contributed by atoms with Crippen molar-refractivity contribution < 1.29 is 4.74 Å². The van der Waals surface area contributed by atoms with Gasteiger partial charge in [-0.05, 0) is 152 Å². The Balaban J connectivity index is 1.33. The van der Waals surface area contributed by atoms with Crippen LogP contribution in [0.4, 0.5) is 28.4 Å². The largest absolute Gasteiger partial charge is 0.470 e. The molecule has 3 aliphatic rings. The van der Waals surface area contributed by atoms with E-state index in [-0.39, 0.29) is 35.0 Å². The summed E-state index contributed by atoms with van der Waals surface area (Å²) in [5.74, 6) is 1.34. The molecule has 0 radical (unpaired) electrons. The lowest BCUT2D eigenvalue weighted by molar-refractivity contribution is 0.231. The lowest BCUT2D eigenvalue weighted by Gasteiger charge is -2.49. The van der Waals surface area contributed by atoms with Gasteiger partial charge in [-0.3, -0.25) is 0 Å². The quantitative estimate of drug-likeness (QED) is 0.164. The Kier molecular flexibility index (Phi) is 9.76. The standard InChI is InChI=1S/C59H65BN2OS/c1-33(2)39-29-48-53-49(30-39)62(55-36(5)26-42(27-37(55)6)59(13,14)15)56-52(44-31-40(57(7,8)9)21-23-50(44)63-56)60(53)46-22-20-38(45-32-64-51-19-17-16-18-43(45)51)28-47(46)61(48)54-34(3)24-41(25-35(54)4)58(10,11)12/h16-33,52,56H,1-15H3. The summed E-state index contributed by atoms with van der Waals surface area (Å²) in [4.78, 5) is 5.31. The lowest BCUT2D eigenvalue weighted by atomic mass is 9.29. The van der Waals surface area contributed by atoms with Crippen LogP contribution < -0.4 is 25.5 Å². The third kappa shape index (κ3) is 6.66. The van der Waals surface area contributed by atoms with Crippen molar-refractivity contribution in [2.24, 2.45) is 0 Å². The fourth-order valence-electron chi connectivity index (χ4n) is 11.1. The molecule has 3 nitrogen and oxygen atoms in total. The van der Waals surface area contributed by atoms with Crippen LogP contribution in [0, 0.1) is 27.7 Å². The average molecular weight is 861 g/mol. The minimum absolute atomic E-state index is 0.0135. The summed E-state index contributed by atoms with van der Waals surface area (Å²) in [6.07, 6.45) is -0.245. The normalized spacial score (nSPS) is 16.8. The molecule has 1 aromatic heterocycles. The molecule has 7 aromatic rings. The molecule has 0 bridgehead atoms. The Morgan fingerprint density at radius 1 is 0.609 bits per heavy atom. The van der Waals surface area contributed by atoms with Crippen molar-refractivity contribution in [2.75, 3.05) is 9.80 Å². The lowest BCUT2D eigenvalue weighted by Crippen LogP contribution is -2.63. The van der Waals surface area contributed by atoms with E-state index >= 15 is 0 Å². The van der Waals surface area contributed by atoms with Gasteiger partial charge in [-0.15, -0.1) is 11.3 Å². The predicted octanol–water partition coefficient (Wildman–Crippen LogP) is 15.4. The molecule has 326 valence electrons. The van der Waals surface area contributed by atoms with E-state index in [1.807, 2.05) is 11.3 Å². The van der Waals surface area contributed by atoms with Gasteiger partial charge in [-0.2, -0.15) is 0 Å². The smallest absolute Gasteiger partial charge is 0.231 e. The molecule has 2 atom stereocenters. The molecule has 6 aromatic carbocycles. The Hall–Kier alpha value is -5.26. The number of thiophene rings is 1. The zero-order valence-electron chi connectivity index (χ0n) is 40.8. The zero-order valence-corrected chi connectivity index (χ0v) is 41.7. The van der Waals surface area contributed by atoms with Crippen LogP contribution in [-0.2, 0) is 16.2 Å². The first kappa shape index (κ1) is 42.7. The van der Waals surface area contributed by atoms with Gasteiger partial charge in [0.05, 0.1) is 11.4 Å². The van der Waals surface area contributed by atoms with E-state index in [0.717, 1.165) is 5.75 Å². The monoisotopic (exact) mass is 860 g/mol. The molecule has 0 aliphatic carbocycles. The van der Waals surface area contributed by atoms with E-state index in [2.05, 4.69) is 216 Å². The van der Waals surface area contributed by atoms with E-state index in [4.69, 9.17) is 4.74 Å². The first-order valence-corrected chi connectivity index (χ1v) is 24.4. The number of ether oxygens (including phenoxy) is 1. The van der Waals surface area contributed by atoms with Crippen molar-refractivity contribution in [1.29, 1.82) is 0 Å². The third-order valence-corrected chi connectivity index (χ3v) is 15.6. The number of nitrogens with zero attached hydrogens (tertiary/aromatic N) is 2. The van der Waals surface area contributed by atoms with Crippen molar-refractivity contribution in [3.8, 4) is 16.9 Å². The van der Waals surface area contributed by atoms with Gasteiger partial charge in [-0.1, -0.05) is 143 Å². The van der Waals surface area contributed by atoms with Gasteiger partial charge >= 0.3 is 0 Å². The molecule has 0 amide bonds. The van der Waals surface area contributed by atoms with Gasteiger partial charge in [0.1, 0.15) is 5.75 Å². The van der Waals surface area contributed by atoms with E-state index in [0.29, 0.717) is 5.92 Å². The van der Waals surface area contributed by atoms with Crippen LogP contribution in [0.15, 0.2) is 102 Å². The highest BCUT2D eigenvalue weighted by Crippen LogP contribution is 2.55. The maximum atomic E-state index is 7.46. The van der Waals surface area contributed by atoms with Gasteiger partial charge in [0.25, 0.3) is 0 Å². The number of hydrogen-bond acceptors (Lipinski definition) is 4. The van der Waals surface area contributed by atoms with E-state index < -0.39 is 0 Å². The van der Waals surface area contributed by atoms with Crippen molar-refractivity contribution in [2.45, 2.75) is 138 Å². The molecular formula is C59H65BN2OS. The SMILES string of the molecule is Cc1cc(C(C)(C)C)cc(C)c1N1c2cc(-c3csc4ccccc34)ccc2B2c3c1cc(C(C)C)cc3N(c1c(C)cc(C(C)(C)C)cc1C)C1Oc3ccc(C(C)(C)C)cc3C21. The number of benzene rings is 6. The molecule has 0 spiro atoms. The van der Waals surface area contributed by atoms with Crippen LogP contribution in [0.25, 0.3) is 21.2 Å². The fourth-order valence-corrected chi connectivity index (χ4v) is 12.1. The Morgan fingerprint density at radius 2 is 1.20 bits per heavy atom. The Bertz CT molecular complexity index is 2990. The highest BCUT2D eigenvalue weighted by Gasteiger charge is 2.56. The van der Waals surface area contributed by atoms with Gasteiger partial charge in [0.15, 0.2) is 6.23 Å². The minimum Gasteiger partial charge on any atom is -0.470 e. The molecule has 64 heavy (non-hydrogen) atoms. The second-order valence-electron chi connectivity index (χ2n) is 22.7. The molecule has 10 rings (SSSR count). The Morgan fingerprint density at radius 3 is 1.81 bits per heavy atom. The zero-order chi connectivity index (χ0) is 45.5. The first-order valence-electron chi connectivity index (χ1n) is 23.5. The molecule has 3 aliphatic heterocycles. The van der Waals surface area contributed by atoms with Crippen LogP contribution in [0.3, 0.4) is 0 Å². The van der Waals surface area contributed by atoms with Crippen molar-refractivity contribution >= 4 is 67.5 Å². The van der Waals surface area contributed by atoms with Crippen LogP contribution >= 0.6 is 11.3 Å². The summed E-state index contributed by atoms with van der Waals surface area (Å²) in [5, 5.41) is 3.67. The number of anilines is 5. The van der Waals surface area contributed by atoms with E-state index in [1.165, 1.54) is 111 Å². The maximum Gasteiger partial charge on any atom is 0.231 e. The highest BCUT2D eigenvalue weighted by atomic mass is 32.1. The van der Waals surface area contributed by atoms with E-state index in [1.54, 1.807) is 0 Å². The predicted molar refractivity (Wildman–Crippen MR) is 278 cm³/mol. The third-order valence-electron chi connectivity index (χ3n) is 14.6. The molecule has 0 N–H and O–H groups in total. The van der Waals surface area contributed by atoms with Gasteiger partial charge in [0, 0.05) is 38.5 Å². The second-order valence-corrected chi connectivity index (χ2v) is 23.6. The van der Waals surface area contributed by atoms with Gasteiger partial charge in [-0.25, -0.2) is 0 Å². The molecule has 0 saturated carbocycles. The number of rotatable bonds is 4. The minimum atomic E-state index is -0.245. The molecule has 4 heterocycles. The number of hydrogen-bond donors (Lipinski definition) is 0. The number of fused-ring (bicyclic) bond motifs is 7. The molecular weight excluding hydrogens is 796 g/mol. The van der Waals surface area contributed by atoms with Crippen molar-refractivity contribution in [3.05, 3.63) is 153 Å². The van der Waals surface area contributed by atoms with Crippen LogP contribution in [0.2, 0.25) is 0 Å². The van der Waals surface area contributed by atoms with Crippen LogP contribution in [0.5, 0.6) is 5.75 Å². The first-order chi connectivity index (χ1) is 30.1. The summed E-state index contributed by atoms with van der Waals surface area (Å²) in [5.41, 5.74) is 23.5. The Labute approximate surface area is 387 Å². The second kappa shape index (κ2) is 14.6. The van der Waals surface area contributed by atoms with Gasteiger partial charge < -0.3 is 14.5 Å². The van der Waals surface area contributed by atoms with Crippen molar-refractivity contribution in [1.82, 2.24) is 0 Å². The van der Waals surface area contributed by atoms with Crippen LogP contribution in [-0.4, -0.2) is 12.9 Å². The average Bonchev–Trinajstić information content (AvgIpc) is 3.82. The maximum absolute atomic E-state index is 7.46. The molecule has 5 heteroatoms. The van der Waals surface area contributed by atoms with Crippen molar-refractivity contribution in [3.63, 3.8) is 0 Å². The number of aryl methyl sites for hydroxylation is 4.